The first-order valence-corrected chi connectivity index (χ1v) is 5.66. The number of nitrogens with one attached hydrogen (secondary N) is 2. The van der Waals surface area contributed by atoms with Crippen molar-refractivity contribution in [3.63, 3.8) is 0 Å². The fourth-order valence-corrected chi connectivity index (χ4v) is 1.86. The van der Waals surface area contributed by atoms with Gasteiger partial charge in [-0.3, -0.25) is 0 Å². The monoisotopic (exact) mass is 218 g/mol. The number of hydrogen-bond donors (Lipinski definition) is 2. The number of rotatable bonds is 6. The highest BCUT2D eigenvalue weighted by Gasteiger charge is 2.00. The molecule has 86 valence electrons. The molecule has 3 heteroatoms. The van der Waals surface area contributed by atoms with Crippen LogP contribution in [-0.2, 0) is 11.3 Å². The average Bonchev–Trinajstić information content (AvgIpc) is 2.77. The third-order valence-electron chi connectivity index (χ3n) is 2.69. The maximum Gasteiger partial charge on any atom is 0.0499 e. The summed E-state index contributed by atoms with van der Waals surface area (Å²) in [6, 6.07) is 8.48. The van der Waals surface area contributed by atoms with Gasteiger partial charge < -0.3 is 15.0 Å². The minimum absolute atomic E-state index is 0.819. The van der Waals surface area contributed by atoms with Crippen LogP contribution in [0.5, 0.6) is 0 Å². The summed E-state index contributed by atoms with van der Waals surface area (Å²) in [6.45, 7) is 2.71. The zero-order valence-electron chi connectivity index (χ0n) is 9.62. The van der Waals surface area contributed by atoms with Crippen LogP contribution in [0.4, 0.5) is 0 Å². The van der Waals surface area contributed by atoms with Gasteiger partial charge in [0.1, 0.15) is 0 Å². The molecule has 0 unspecified atom stereocenters. The van der Waals surface area contributed by atoms with Crippen LogP contribution in [0.25, 0.3) is 10.9 Å². The summed E-state index contributed by atoms with van der Waals surface area (Å²) in [5.74, 6) is 0. The standard InChI is InChI=1S/C13H18N2O/c1-16-9-3-7-14-10-12-5-2-4-11-6-8-15-13(11)12/h2,4-6,8,14-15H,3,7,9-10H2,1H3. The molecule has 1 heterocycles. The second kappa shape index (κ2) is 5.68. The molecule has 2 aromatic rings. The van der Waals surface area contributed by atoms with E-state index in [0.29, 0.717) is 0 Å². The van der Waals surface area contributed by atoms with Crippen molar-refractivity contribution in [1.29, 1.82) is 0 Å². The lowest BCUT2D eigenvalue weighted by molar-refractivity contribution is 0.194. The number of methoxy groups -OCH3 is 1. The predicted octanol–water partition coefficient (Wildman–Crippen LogP) is 2.29. The highest BCUT2D eigenvalue weighted by atomic mass is 16.5. The largest absolute Gasteiger partial charge is 0.385 e. The summed E-state index contributed by atoms with van der Waals surface area (Å²) in [6.07, 6.45) is 3.04. The highest BCUT2D eigenvalue weighted by molar-refractivity contribution is 5.82. The fourth-order valence-electron chi connectivity index (χ4n) is 1.86. The van der Waals surface area contributed by atoms with Crippen molar-refractivity contribution >= 4 is 10.9 Å². The van der Waals surface area contributed by atoms with Gasteiger partial charge in [0.15, 0.2) is 0 Å². The molecule has 3 nitrogen and oxygen atoms in total. The van der Waals surface area contributed by atoms with Crippen molar-refractivity contribution in [1.82, 2.24) is 10.3 Å². The molecule has 1 aromatic carbocycles. The molecule has 0 radical (unpaired) electrons. The molecule has 0 amide bonds. The molecule has 2 N–H and O–H groups in total. The number of ether oxygens (including phenoxy) is 1. The Morgan fingerprint density at radius 2 is 2.25 bits per heavy atom. The van der Waals surface area contributed by atoms with E-state index in [0.717, 1.165) is 26.1 Å². The summed E-state index contributed by atoms with van der Waals surface area (Å²) in [5, 5.41) is 4.69. The van der Waals surface area contributed by atoms with Gasteiger partial charge in [-0.2, -0.15) is 0 Å². The van der Waals surface area contributed by atoms with E-state index >= 15 is 0 Å². The van der Waals surface area contributed by atoms with Crippen LogP contribution in [0.15, 0.2) is 30.5 Å². The number of benzene rings is 1. The van der Waals surface area contributed by atoms with E-state index in [-0.39, 0.29) is 0 Å². The van der Waals surface area contributed by atoms with Gasteiger partial charge in [-0.25, -0.2) is 0 Å². The second-order valence-electron chi connectivity index (χ2n) is 3.88. The van der Waals surface area contributed by atoms with Crippen molar-refractivity contribution in [2.75, 3.05) is 20.3 Å². The predicted molar refractivity (Wildman–Crippen MR) is 66.5 cm³/mol. The number of H-pyrrole nitrogens is 1. The molecule has 2 rings (SSSR count). The first kappa shape index (κ1) is 11.2. The lowest BCUT2D eigenvalue weighted by Gasteiger charge is -2.05. The van der Waals surface area contributed by atoms with Crippen molar-refractivity contribution in [2.24, 2.45) is 0 Å². The van der Waals surface area contributed by atoms with E-state index in [2.05, 4.69) is 34.6 Å². The number of para-hydroxylation sites is 1. The summed E-state index contributed by atoms with van der Waals surface area (Å²) < 4.78 is 5.01. The third-order valence-corrected chi connectivity index (χ3v) is 2.69. The number of hydrogen-bond acceptors (Lipinski definition) is 2. The molecular formula is C13H18N2O. The minimum atomic E-state index is 0.819. The molecule has 0 aliphatic carbocycles. The molecule has 0 bridgehead atoms. The van der Waals surface area contributed by atoms with Gasteiger partial charge in [0.05, 0.1) is 0 Å². The van der Waals surface area contributed by atoms with Crippen LogP contribution >= 0.6 is 0 Å². The van der Waals surface area contributed by atoms with Crippen LogP contribution in [0, 0.1) is 0 Å². The first-order chi connectivity index (χ1) is 7.92. The van der Waals surface area contributed by atoms with E-state index in [1.807, 2.05) is 6.20 Å². The SMILES string of the molecule is COCCCNCc1cccc2cc[nH]c12. The summed E-state index contributed by atoms with van der Waals surface area (Å²) in [4.78, 5) is 3.28. The van der Waals surface area contributed by atoms with Crippen molar-refractivity contribution in [3.05, 3.63) is 36.0 Å². The maximum absolute atomic E-state index is 5.01. The van der Waals surface area contributed by atoms with E-state index in [1.54, 1.807) is 7.11 Å². The molecule has 0 aliphatic rings. The maximum atomic E-state index is 5.01. The summed E-state index contributed by atoms with van der Waals surface area (Å²) in [7, 11) is 1.74. The zero-order valence-corrected chi connectivity index (χ0v) is 9.62. The smallest absolute Gasteiger partial charge is 0.0499 e. The van der Waals surface area contributed by atoms with Crippen molar-refractivity contribution < 1.29 is 4.74 Å². The lowest BCUT2D eigenvalue weighted by atomic mass is 10.1. The summed E-state index contributed by atoms with van der Waals surface area (Å²) in [5.41, 5.74) is 2.56. The van der Waals surface area contributed by atoms with Gasteiger partial charge in [0.2, 0.25) is 0 Å². The van der Waals surface area contributed by atoms with Crippen LogP contribution in [-0.4, -0.2) is 25.2 Å². The molecule has 0 saturated carbocycles. The molecule has 0 spiro atoms. The Morgan fingerprint density at radius 1 is 1.31 bits per heavy atom. The minimum Gasteiger partial charge on any atom is -0.385 e. The molecule has 0 atom stereocenters. The van der Waals surface area contributed by atoms with Gasteiger partial charge in [-0.15, -0.1) is 0 Å². The van der Waals surface area contributed by atoms with Crippen LogP contribution in [0.1, 0.15) is 12.0 Å². The molecule has 0 saturated heterocycles. The topological polar surface area (TPSA) is 37.0 Å². The van der Waals surface area contributed by atoms with Gasteiger partial charge in [-0.05, 0) is 30.0 Å². The van der Waals surface area contributed by atoms with Crippen LogP contribution in [0.3, 0.4) is 0 Å². The average molecular weight is 218 g/mol. The Balaban J connectivity index is 1.91. The van der Waals surface area contributed by atoms with Crippen LogP contribution in [0.2, 0.25) is 0 Å². The van der Waals surface area contributed by atoms with Crippen LogP contribution < -0.4 is 5.32 Å². The zero-order chi connectivity index (χ0) is 11.2. The normalized spacial score (nSPS) is 11.1. The Morgan fingerprint density at radius 3 is 3.12 bits per heavy atom. The van der Waals surface area contributed by atoms with Gasteiger partial charge in [0.25, 0.3) is 0 Å². The molecule has 1 aromatic heterocycles. The van der Waals surface area contributed by atoms with E-state index in [9.17, 15) is 0 Å². The number of aromatic amines is 1. The Kier molecular flexibility index (Phi) is 3.97. The third kappa shape index (κ3) is 2.62. The lowest BCUT2D eigenvalue weighted by Crippen LogP contribution is -2.16. The molecule has 16 heavy (non-hydrogen) atoms. The summed E-state index contributed by atoms with van der Waals surface area (Å²) >= 11 is 0. The molecular weight excluding hydrogens is 200 g/mol. The fraction of sp³-hybridized carbons (Fsp3) is 0.385. The van der Waals surface area contributed by atoms with Crippen molar-refractivity contribution in [3.8, 4) is 0 Å². The molecule has 0 aliphatic heterocycles. The number of fused-ring (bicyclic) bond motifs is 1. The number of aromatic nitrogens is 1. The quantitative estimate of drug-likeness (QED) is 0.730. The van der Waals surface area contributed by atoms with E-state index < -0.39 is 0 Å². The first-order valence-electron chi connectivity index (χ1n) is 5.66. The Hall–Kier alpha value is -1.32. The van der Waals surface area contributed by atoms with Gasteiger partial charge in [0, 0.05) is 32.0 Å². The van der Waals surface area contributed by atoms with Crippen molar-refractivity contribution in [2.45, 2.75) is 13.0 Å². The molecule has 0 fully saturated rings. The second-order valence-corrected chi connectivity index (χ2v) is 3.88. The highest BCUT2D eigenvalue weighted by Crippen LogP contribution is 2.16. The Labute approximate surface area is 95.8 Å². The van der Waals surface area contributed by atoms with Gasteiger partial charge >= 0.3 is 0 Å². The Bertz CT molecular complexity index is 436. The van der Waals surface area contributed by atoms with Gasteiger partial charge in [-0.1, -0.05) is 18.2 Å². The van der Waals surface area contributed by atoms with E-state index in [4.69, 9.17) is 4.74 Å². The van der Waals surface area contributed by atoms with E-state index in [1.165, 1.54) is 16.5 Å².